The van der Waals surface area contributed by atoms with E-state index in [4.69, 9.17) is 10.2 Å². The number of rotatable bonds is 2. The van der Waals surface area contributed by atoms with E-state index in [2.05, 4.69) is 6.07 Å². The maximum atomic E-state index is 8.94. The van der Waals surface area contributed by atoms with Crippen LogP contribution in [0.2, 0.25) is 0 Å². The average Bonchev–Trinajstić information content (AvgIpc) is 2.30. The molecule has 0 saturated carbocycles. The highest BCUT2D eigenvalue weighted by Crippen LogP contribution is 2.20. The van der Waals surface area contributed by atoms with Crippen LogP contribution in [0.25, 0.3) is 11.1 Å². The van der Waals surface area contributed by atoms with Crippen LogP contribution in [0.3, 0.4) is 0 Å². The van der Waals surface area contributed by atoms with E-state index in [-0.39, 0.29) is 0 Å². The predicted octanol–water partition coefficient (Wildman–Crippen LogP) is 2.14. The van der Waals surface area contributed by atoms with E-state index < -0.39 is 6.29 Å². The Bertz CT molecular complexity index is 418. The van der Waals surface area contributed by atoms with Crippen molar-refractivity contribution in [3.05, 3.63) is 60.2 Å². The fourth-order valence-corrected chi connectivity index (χ4v) is 1.43. The van der Waals surface area contributed by atoms with E-state index in [1.54, 1.807) is 12.1 Å². The molecule has 0 amide bonds. The number of aliphatic hydroxyl groups is 2. The normalized spacial score (nSPS) is 10.6. The van der Waals surface area contributed by atoms with Gasteiger partial charge in [-0.1, -0.05) is 48.5 Å². The van der Waals surface area contributed by atoms with Crippen molar-refractivity contribution in [1.82, 2.24) is 0 Å². The van der Waals surface area contributed by atoms with Crippen molar-refractivity contribution in [2.75, 3.05) is 0 Å². The standard InChI is InChI=1S/C13H11O2/c14-13(15)12-8-6-11(7-9-12)10-4-2-1-3-5-10/h2-9,13-15H. The lowest BCUT2D eigenvalue weighted by atomic mass is 10.0. The summed E-state index contributed by atoms with van der Waals surface area (Å²) in [6, 6.07) is 17.7. The van der Waals surface area contributed by atoms with Gasteiger partial charge in [-0.25, -0.2) is 0 Å². The second-order valence-electron chi connectivity index (χ2n) is 3.28. The van der Waals surface area contributed by atoms with Crippen molar-refractivity contribution < 1.29 is 10.2 Å². The van der Waals surface area contributed by atoms with Gasteiger partial charge in [0.1, 0.15) is 0 Å². The highest BCUT2D eigenvalue weighted by atomic mass is 16.5. The van der Waals surface area contributed by atoms with Crippen molar-refractivity contribution in [2.24, 2.45) is 0 Å². The second kappa shape index (κ2) is 4.26. The minimum atomic E-state index is -1.40. The molecule has 0 aliphatic heterocycles. The van der Waals surface area contributed by atoms with Gasteiger partial charge in [0.15, 0.2) is 6.29 Å². The van der Waals surface area contributed by atoms with E-state index in [1.165, 1.54) is 0 Å². The lowest BCUT2D eigenvalue weighted by Gasteiger charge is -2.05. The molecule has 2 aromatic rings. The highest BCUT2D eigenvalue weighted by molar-refractivity contribution is 5.63. The summed E-state index contributed by atoms with van der Waals surface area (Å²) in [7, 11) is 0. The molecule has 0 saturated heterocycles. The van der Waals surface area contributed by atoms with Crippen LogP contribution < -0.4 is 0 Å². The maximum Gasteiger partial charge on any atom is 0.178 e. The summed E-state index contributed by atoms with van der Waals surface area (Å²) in [6.07, 6.45) is -1.40. The Balaban J connectivity index is 2.32. The first-order chi connectivity index (χ1) is 7.27. The van der Waals surface area contributed by atoms with Crippen molar-refractivity contribution in [3.63, 3.8) is 0 Å². The van der Waals surface area contributed by atoms with E-state index in [9.17, 15) is 0 Å². The molecule has 2 N–H and O–H groups in total. The number of hydrogen-bond donors (Lipinski definition) is 2. The predicted molar refractivity (Wildman–Crippen MR) is 57.9 cm³/mol. The first-order valence-electron chi connectivity index (χ1n) is 4.70. The van der Waals surface area contributed by atoms with Crippen LogP contribution in [-0.4, -0.2) is 10.2 Å². The molecule has 2 heteroatoms. The summed E-state index contributed by atoms with van der Waals surface area (Å²) >= 11 is 0. The third kappa shape index (κ3) is 2.24. The van der Waals surface area contributed by atoms with E-state index in [0.29, 0.717) is 5.56 Å². The molecular formula is C13H11O2. The van der Waals surface area contributed by atoms with Gasteiger partial charge in [0.25, 0.3) is 0 Å². The van der Waals surface area contributed by atoms with Crippen LogP contribution in [0.5, 0.6) is 0 Å². The molecule has 0 atom stereocenters. The summed E-state index contributed by atoms with van der Waals surface area (Å²) in [5.74, 6) is 0. The van der Waals surface area contributed by atoms with E-state index in [0.717, 1.165) is 11.1 Å². The van der Waals surface area contributed by atoms with Crippen LogP contribution >= 0.6 is 0 Å². The summed E-state index contributed by atoms with van der Waals surface area (Å²) in [4.78, 5) is 0. The van der Waals surface area contributed by atoms with Crippen LogP contribution in [0, 0.1) is 6.07 Å². The molecule has 0 aliphatic carbocycles. The zero-order valence-electron chi connectivity index (χ0n) is 8.09. The molecule has 0 aromatic heterocycles. The van der Waals surface area contributed by atoms with Gasteiger partial charge in [-0.05, 0) is 17.2 Å². The van der Waals surface area contributed by atoms with E-state index >= 15 is 0 Å². The fourth-order valence-electron chi connectivity index (χ4n) is 1.43. The Morgan fingerprint density at radius 3 is 1.87 bits per heavy atom. The Hall–Kier alpha value is -1.64. The fraction of sp³-hybridized carbons (Fsp3) is 0.0769. The van der Waals surface area contributed by atoms with Gasteiger partial charge >= 0.3 is 0 Å². The van der Waals surface area contributed by atoms with Crippen LogP contribution in [0.4, 0.5) is 0 Å². The third-order valence-corrected chi connectivity index (χ3v) is 2.26. The van der Waals surface area contributed by atoms with Crippen molar-refractivity contribution in [1.29, 1.82) is 0 Å². The van der Waals surface area contributed by atoms with Crippen LogP contribution in [-0.2, 0) is 0 Å². The molecule has 0 fully saturated rings. The quantitative estimate of drug-likeness (QED) is 0.727. The van der Waals surface area contributed by atoms with Crippen LogP contribution in [0.15, 0.2) is 48.5 Å². The monoisotopic (exact) mass is 199 g/mol. The second-order valence-corrected chi connectivity index (χ2v) is 3.28. The minimum Gasteiger partial charge on any atom is -0.364 e. The average molecular weight is 199 g/mol. The highest BCUT2D eigenvalue weighted by Gasteiger charge is 2.02. The lowest BCUT2D eigenvalue weighted by molar-refractivity contribution is -0.0424. The molecule has 2 rings (SSSR count). The largest absolute Gasteiger partial charge is 0.364 e. The van der Waals surface area contributed by atoms with Crippen LogP contribution in [0.1, 0.15) is 11.9 Å². The third-order valence-electron chi connectivity index (χ3n) is 2.26. The molecule has 15 heavy (non-hydrogen) atoms. The number of aliphatic hydroxyl groups excluding tert-OH is 1. The molecule has 0 aliphatic rings. The first kappa shape index (κ1) is 9.90. The molecule has 2 nitrogen and oxygen atoms in total. The van der Waals surface area contributed by atoms with Gasteiger partial charge in [-0.3, -0.25) is 0 Å². The molecule has 0 heterocycles. The molecule has 0 spiro atoms. The minimum absolute atomic E-state index is 0.501. The van der Waals surface area contributed by atoms with Gasteiger partial charge < -0.3 is 10.2 Å². The molecule has 2 aromatic carbocycles. The van der Waals surface area contributed by atoms with Crippen molar-refractivity contribution >= 4 is 0 Å². The zero-order chi connectivity index (χ0) is 10.7. The summed E-state index contributed by atoms with van der Waals surface area (Å²) in [6.45, 7) is 0. The molecule has 0 unspecified atom stereocenters. The Morgan fingerprint density at radius 1 is 0.800 bits per heavy atom. The summed E-state index contributed by atoms with van der Waals surface area (Å²) < 4.78 is 0. The van der Waals surface area contributed by atoms with Gasteiger partial charge in [-0.2, -0.15) is 0 Å². The number of hydrogen-bond acceptors (Lipinski definition) is 2. The Kier molecular flexibility index (Phi) is 2.81. The molecule has 75 valence electrons. The van der Waals surface area contributed by atoms with Crippen molar-refractivity contribution in [3.8, 4) is 11.1 Å². The Labute approximate surface area is 88.4 Å². The molecular weight excluding hydrogens is 188 g/mol. The first-order valence-corrected chi connectivity index (χ1v) is 4.70. The van der Waals surface area contributed by atoms with Crippen molar-refractivity contribution in [2.45, 2.75) is 6.29 Å². The zero-order valence-corrected chi connectivity index (χ0v) is 8.09. The Morgan fingerprint density at radius 2 is 1.33 bits per heavy atom. The van der Waals surface area contributed by atoms with Gasteiger partial charge in [-0.15, -0.1) is 0 Å². The maximum absolute atomic E-state index is 8.94. The SMILES string of the molecule is OC(O)c1ccc(-c2cc[c]cc2)cc1. The molecule has 1 radical (unpaired) electrons. The molecule has 0 bridgehead atoms. The van der Waals surface area contributed by atoms with Gasteiger partial charge in [0, 0.05) is 5.56 Å². The van der Waals surface area contributed by atoms with Gasteiger partial charge in [0.05, 0.1) is 0 Å². The smallest absolute Gasteiger partial charge is 0.178 e. The number of benzene rings is 2. The topological polar surface area (TPSA) is 40.5 Å². The van der Waals surface area contributed by atoms with Gasteiger partial charge in [0.2, 0.25) is 0 Å². The lowest BCUT2D eigenvalue weighted by Crippen LogP contribution is -1.93. The summed E-state index contributed by atoms with van der Waals surface area (Å²) in [5, 5.41) is 17.9. The van der Waals surface area contributed by atoms with E-state index in [1.807, 2.05) is 36.4 Å². The summed E-state index contributed by atoms with van der Waals surface area (Å²) in [5.41, 5.74) is 2.64.